The van der Waals surface area contributed by atoms with Crippen LogP contribution in [0.3, 0.4) is 0 Å². The maximum Gasteiger partial charge on any atom is 0.0122 e. The maximum atomic E-state index is 3.46. The Bertz CT molecular complexity index is 169. The third-order valence-corrected chi connectivity index (χ3v) is 3.37. The molecule has 0 bridgehead atoms. The van der Waals surface area contributed by atoms with Gasteiger partial charge in [-0.1, -0.05) is 13.8 Å². The maximum absolute atomic E-state index is 3.46. The largest absolute Gasteiger partial charge is 0.317 e. The van der Waals surface area contributed by atoms with Crippen molar-refractivity contribution >= 4 is 0 Å². The molecule has 0 radical (unpaired) electrons. The first-order valence-electron chi connectivity index (χ1n) is 6.24. The molecule has 1 N–H and O–H groups in total. The summed E-state index contributed by atoms with van der Waals surface area (Å²) in [5.41, 5.74) is 0. The van der Waals surface area contributed by atoms with E-state index < -0.39 is 0 Å². The lowest BCUT2D eigenvalue weighted by molar-refractivity contribution is 0.136. The molecule has 0 aromatic carbocycles. The van der Waals surface area contributed by atoms with E-state index in [0.717, 1.165) is 18.0 Å². The van der Waals surface area contributed by atoms with E-state index in [1.165, 1.54) is 45.3 Å². The van der Waals surface area contributed by atoms with E-state index in [1.807, 2.05) is 0 Å². The number of rotatable bonds is 4. The lowest BCUT2D eigenvalue weighted by Gasteiger charge is -2.35. The molecule has 1 heterocycles. The van der Waals surface area contributed by atoms with Gasteiger partial charge in [0.05, 0.1) is 0 Å². The lowest BCUT2D eigenvalue weighted by atomic mass is 10.0. The first kappa shape index (κ1) is 10.4. The monoisotopic (exact) mass is 196 g/mol. The number of piperidine rings is 1. The zero-order valence-electron chi connectivity index (χ0n) is 9.63. The third kappa shape index (κ3) is 2.71. The highest BCUT2D eigenvalue weighted by atomic mass is 15.2. The van der Waals surface area contributed by atoms with Crippen LogP contribution in [-0.2, 0) is 0 Å². The number of nitrogens with one attached hydrogen (secondary N) is 1. The van der Waals surface area contributed by atoms with E-state index in [-0.39, 0.29) is 0 Å². The van der Waals surface area contributed by atoms with Gasteiger partial charge in [0.2, 0.25) is 0 Å². The second kappa shape index (κ2) is 4.63. The Morgan fingerprint density at radius 3 is 2.14 bits per heavy atom. The smallest absolute Gasteiger partial charge is 0.0122 e. The van der Waals surface area contributed by atoms with Gasteiger partial charge < -0.3 is 5.32 Å². The Kier molecular flexibility index (Phi) is 3.45. The average molecular weight is 196 g/mol. The van der Waals surface area contributed by atoms with Gasteiger partial charge in [0.25, 0.3) is 0 Å². The summed E-state index contributed by atoms with van der Waals surface area (Å²) in [4.78, 5) is 2.80. The molecule has 0 unspecified atom stereocenters. The van der Waals surface area contributed by atoms with Gasteiger partial charge in [-0.3, -0.25) is 4.90 Å². The van der Waals surface area contributed by atoms with E-state index in [2.05, 4.69) is 24.1 Å². The molecule has 82 valence electrons. The highest BCUT2D eigenvalue weighted by Gasteiger charge is 2.34. The lowest BCUT2D eigenvalue weighted by Crippen LogP contribution is -2.45. The molecular weight excluding hydrogens is 172 g/mol. The van der Waals surface area contributed by atoms with Gasteiger partial charge in [0.15, 0.2) is 0 Å². The Morgan fingerprint density at radius 1 is 1.07 bits per heavy atom. The first-order chi connectivity index (χ1) is 6.77. The highest BCUT2D eigenvalue weighted by Crippen LogP contribution is 2.31. The molecule has 2 heteroatoms. The minimum atomic E-state index is 0.825. The molecule has 1 aliphatic carbocycles. The Morgan fingerprint density at radius 2 is 1.64 bits per heavy atom. The molecule has 0 amide bonds. The van der Waals surface area contributed by atoms with Crippen LogP contribution in [0.25, 0.3) is 0 Å². The summed E-state index contributed by atoms with van der Waals surface area (Å²) in [6.45, 7) is 8.46. The van der Waals surface area contributed by atoms with Crippen LogP contribution in [0, 0.1) is 5.92 Å². The number of hydrogen-bond acceptors (Lipinski definition) is 2. The molecule has 0 atom stereocenters. The van der Waals surface area contributed by atoms with Gasteiger partial charge in [-0.2, -0.15) is 0 Å². The van der Waals surface area contributed by atoms with Crippen molar-refractivity contribution in [3.8, 4) is 0 Å². The van der Waals surface area contributed by atoms with E-state index in [9.17, 15) is 0 Å². The van der Waals surface area contributed by atoms with Crippen LogP contribution >= 0.6 is 0 Å². The van der Waals surface area contributed by atoms with E-state index in [1.54, 1.807) is 0 Å². The van der Waals surface area contributed by atoms with Crippen LogP contribution in [0.5, 0.6) is 0 Å². The minimum Gasteiger partial charge on any atom is -0.317 e. The second-order valence-corrected chi connectivity index (χ2v) is 5.30. The van der Waals surface area contributed by atoms with Gasteiger partial charge >= 0.3 is 0 Å². The molecule has 1 saturated heterocycles. The summed E-state index contributed by atoms with van der Waals surface area (Å²) < 4.78 is 0. The summed E-state index contributed by atoms with van der Waals surface area (Å²) in [5, 5.41) is 3.46. The van der Waals surface area contributed by atoms with Gasteiger partial charge in [-0.15, -0.1) is 0 Å². The summed E-state index contributed by atoms with van der Waals surface area (Å²) >= 11 is 0. The third-order valence-electron chi connectivity index (χ3n) is 3.37. The summed E-state index contributed by atoms with van der Waals surface area (Å²) in [6, 6.07) is 1.83. The Labute approximate surface area is 88.1 Å². The molecule has 0 spiro atoms. The predicted octanol–water partition coefficient (Wildman–Crippen LogP) is 1.86. The van der Waals surface area contributed by atoms with Crippen LogP contribution in [0.2, 0.25) is 0 Å². The van der Waals surface area contributed by atoms with Gasteiger partial charge in [0, 0.05) is 18.6 Å². The van der Waals surface area contributed by atoms with Crippen LogP contribution in [-0.4, -0.2) is 36.6 Å². The van der Waals surface area contributed by atoms with Crippen molar-refractivity contribution in [2.45, 2.75) is 51.6 Å². The molecule has 2 aliphatic rings. The molecule has 2 nitrogen and oxygen atoms in total. The number of hydrogen-bond donors (Lipinski definition) is 1. The van der Waals surface area contributed by atoms with Gasteiger partial charge in [-0.05, 0) is 44.7 Å². The van der Waals surface area contributed by atoms with Crippen molar-refractivity contribution in [1.29, 1.82) is 0 Å². The molecule has 2 rings (SSSR count). The molecular formula is C12H24N2. The fraction of sp³-hybridized carbons (Fsp3) is 1.00. The van der Waals surface area contributed by atoms with Crippen molar-refractivity contribution in [3.05, 3.63) is 0 Å². The second-order valence-electron chi connectivity index (χ2n) is 5.30. The molecule has 0 aromatic rings. The van der Waals surface area contributed by atoms with Crippen molar-refractivity contribution in [2.75, 3.05) is 19.6 Å². The minimum absolute atomic E-state index is 0.825. The topological polar surface area (TPSA) is 15.3 Å². The highest BCUT2D eigenvalue weighted by molar-refractivity contribution is 4.90. The average Bonchev–Trinajstić information content (AvgIpc) is 2.99. The normalized spacial score (nSPS) is 24.9. The van der Waals surface area contributed by atoms with Crippen molar-refractivity contribution in [3.63, 3.8) is 0 Å². The molecule has 0 aromatic heterocycles. The van der Waals surface area contributed by atoms with Gasteiger partial charge in [0.1, 0.15) is 0 Å². The molecule has 1 saturated carbocycles. The molecule has 1 aliphatic heterocycles. The van der Waals surface area contributed by atoms with Crippen LogP contribution in [0.4, 0.5) is 0 Å². The van der Waals surface area contributed by atoms with Crippen molar-refractivity contribution in [2.24, 2.45) is 5.92 Å². The summed E-state index contributed by atoms with van der Waals surface area (Å²) in [5.74, 6) is 0.825. The molecule has 14 heavy (non-hydrogen) atoms. The first-order valence-corrected chi connectivity index (χ1v) is 6.24. The van der Waals surface area contributed by atoms with Crippen LogP contribution in [0.1, 0.15) is 39.5 Å². The Balaban J connectivity index is 1.87. The predicted molar refractivity (Wildman–Crippen MR) is 60.5 cm³/mol. The van der Waals surface area contributed by atoms with E-state index in [4.69, 9.17) is 0 Å². The fourth-order valence-electron chi connectivity index (χ4n) is 2.56. The van der Waals surface area contributed by atoms with E-state index >= 15 is 0 Å². The van der Waals surface area contributed by atoms with Gasteiger partial charge in [-0.25, -0.2) is 0 Å². The SMILES string of the molecule is CC(C)CN(C1CCNCC1)C1CC1. The van der Waals surface area contributed by atoms with Crippen molar-refractivity contribution < 1.29 is 0 Å². The number of nitrogens with zero attached hydrogens (tertiary/aromatic N) is 1. The van der Waals surface area contributed by atoms with E-state index in [0.29, 0.717) is 0 Å². The standard InChI is InChI=1S/C12H24N2/c1-10(2)9-14(11-3-4-11)12-5-7-13-8-6-12/h10-13H,3-9H2,1-2H3. The molecule has 2 fully saturated rings. The fourth-order valence-corrected chi connectivity index (χ4v) is 2.56. The van der Waals surface area contributed by atoms with Crippen LogP contribution in [0.15, 0.2) is 0 Å². The zero-order chi connectivity index (χ0) is 9.97. The summed E-state index contributed by atoms with van der Waals surface area (Å²) in [6.07, 6.45) is 5.64. The Hall–Kier alpha value is -0.0800. The van der Waals surface area contributed by atoms with Crippen LogP contribution < -0.4 is 5.32 Å². The zero-order valence-corrected chi connectivity index (χ0v) is 9.63. The quantitative estimate of drug-likeness (QED) is 0.738. The summed E-state index contributed by atoms with van der Waals surface area (Å²) in [7, 11) is 0. The van der Waals surface area contributed by atoms with Crippen molar-refractivity contribution in [1.82, 2.24) is 10.2 Å².